The molecule has 3 aliphatic rings. The number of aromatic nitrogens is 2. The maximum Gasteiger partial charge on any atom is 0.227 e. The highest BCUT2D eigenvalue weighted by Crippen LogP contribution is 2.32. The molecule has 7 nitrogen and oxygen atoms in total. The zero-order valence-electron chi connectivity index (χ0n) is 15.6. The van der Waals surface area contributed by atoms with Gasteiger partial charge in [0.1, 0.15) is 0 Å². The van der Waals surface area contributed by atoms with Crippen LogP contribution in [-0.2, 0) is 27.7 Å². The standard InChI is InChI=1S/C18H30N4O3S/c1-25-10-9-22-17(11-19-18(22)26(23,24)14-15-4-5-15)13-20-7-8-21-6-2-3-16(21)12-20/h11,15-16H,2-10,12-14H2,1H3. The molecule has 3 fully saturated rings. The molecule has 0 spiro atoms. The maximum absolute atomic E-state index is 12.8. The minimum absolute atomic E-state index is 0.232. The summed E-state index contributed by atoms with van der Waals surface area (Å²) >= 11 is 0. The van der Waals surface area contributed by atoms with Crippen LogP contribution >= 0.6 is 0 Å². The third kappa shape index (κ3) is 3.98. The van der Waals surface area contributed by atoms with Gasteiger partial charge in [0.25, 0.3) is 0 Å². The molecule has 3 heterocycles. The van der Waals surface area contributed by atoms with Crippen molar-refractivity contribution in [2.75, 3.05) is 45.6 Å². The van der Waals surface area contributed by atoms with E-state index in [0.717, 1.165) is 44.7 Å². The second kappa shape index (κ2) is 7.58. The topological polar surface area (TPSA) is 67.7 Å². The Kier molecular flexibility index (Phi) is 5.36. The van der Waals surface area contributed by atoms with Crippen LogP contribution < -0.4 is 0 Å². The summed E-state index contributed by atoms with van der Waals surface area (Å²) in [5.41, 5.74) is 0.989. The predicted octanol–water partition coefficient (Wildman–Crippen LogP) is 0.993. The van der Waals surface area contributed by atoms with E-state index in [1.165, 1.54) is 19.4 Å². The highest BCUT2D eigenvalue weighted by molar-refractivity contribution is 7.91. The molecule has 1 saturated carbocycles. The van der Waals surface area contributed by atoms with Gasteiger partial charge >= 0.3 is 0 Å². The van der Waals surface area contributed by atoms with Gasteiger partial charge in [-0.2, -0.15) is 0 Å². The maximum atomic E-state index is 12.8. The SMILES string of the molecule is COCCn1c(CN2CCN3CCCC3C2)cnc1S(=O)(=O)CC1CC1. The molecule has 0 aromatic carbocycles. The summed E-state index contributed by atoms with van der Waals surface area (Å²) in [5.74, 6) is 0.559. The Labute approximate surface area is 156 Å². The van der Waals surface area contributed by atoms with Gasteiger partial charge in [-0.15, -0.1) is 0 Å². The van der Waals surface area contributed by atoms with Gasteiger partial charge < -0.3 is 9.30 Å². The van der Waals surface area contributed by atoms with Crippen molar-refractivity contribution >= 4 is 9.84 Å². The lowest BCUT2D eigenvalue weighted by Gasteiger charge is -2.37. The van der Waals surface area contributed by atoms with E-state index in [4.69, 9.17) is 4.74 Å². The number of rotatable bonds is 8. The molecule has 1 unspecified atom stereocenters. The Bertz CT molecular complexity index is 729. The number of sulfone groups is 1. The van der Waals surface area contributed by atoms with Gasteiger partial charge in [0.05, 0.1) is 24.3 Å². The molecular weight excluding hydrogens is 352 g/mol. The molecule has 146 valence electrons. The second-order valence-electron chi connectivity index (χ2n) is 7.97. The van der Waals surface area contributed by atoms with Crippen LogP contribution in [0.5, 0.6) is 0 Å². The van der Waals surface area contributed by atoms with Crippen molar-refractivity contribution in [1.29, 1.82) is 0 Å². The van der Waals surface area contributed by atoms with Crippen molar-refractivity contribution in [2.24, 2.45) is 5.92 Å². The Morgan fingerprint density at radius 3 is 2.85 bits per heavy atom. The van der Waals surface area contributed by atoms with Crippen molar-refractivity contribution < 1.29 is 13.2 Å². The van der Waals surface area contributed by atoms with Crippen LogP contribution in [0, 0.1) is 5.92 Å². The fraction of sp³-hybridized carbons (Fsp3) is 0.833. The summed E-state index contributed by atoms with van der Waals surface area (Å²) in [6, 6.07) is 0.664. The average Bonchev–Trinajstić information content (AvgIpc) is 3.13. The molecule has 8 heteroatoms. The van der Waals surface area contributed by atoms with Gasteiger partial charge in [-0.1, -0.05) is 0 Å². The first kappa shape index (κ1) is 18.4. The molecular formula is C18H30N4O3S. The third-order valence-electron chi connectivity index (χ3n) is 5.91. The van der Waals surface area contributed by atoms with E-state index in [9.17, 15) is 8.42 Å². The predicted molar refractivity (Wildman–Crippen MR) is 98.8 cm³/mol. The molecule has 2 aliphatic heterocycles. The van der Waals surface area contributed by atoms with E-state index < -0.39 is 9.84 Å². The molecule has 0 N–H and O–H groups in total. The fourth-order valence-corrected chi connectivity index (χ4v) is 6.15. The van der Waals surface area contributed by atoms with Crippen LogP contribution in [0.1, 0.15) is 31.4 Å². The quantitative estimate of drug-likeness (QED) is 0.668. The molecule has 1 atom stereocenters. The lowest BCUT2D eigenvalue weighted by atomic mass is 10.1. The van der Waals surface area contributed by atoms with E-state index in [0.29, 0.717) is 25.1 Å². The molecule has 0 radical (unpaired) electrons. The average molecular weight is 383 g/mol. The van der Waals surface area contributed by atoms with Gasteiger partial charge in [-0.05, 0) is 38.1 Å². The largest absolute Gasteiger partial charge is 0.383 e. The minimum Gasteiger partial charge on any atom is -0.383 e. The van der Waals surface area contributed by atoms with Crippen molar-refractivity contribution in [2.45, 2.75) is 50.0 Å². The van der Waals surface area contributed by atoms with Crippen molar-refractivity contribution in [3.05, 3.63) is 11.9 Å². The van der Waals surface area contributed by atoms with Gasteiger partial charge in [-0.25, -0.2) is 13.4 Å². The van der Waals surface area contributed by atoms with Crippen molar-refractivity contribution in [1.82, 2.24) is 19.4 Å². The molecule has 0 amide bonds. The normalized spacial score (nSPS) is 24.9. The van der Waals surface area contributed by atoms with Crippen LogP contribution in [0.2, 0.25) is 0 Å². The third-order valence-corrected chi connectivity index (χ3v) is 7.70. The summed E-state index contributed by atoms with van der Waals surface area (Å²) in [6.07, 6.45) is 6.39. The molecule has 0 bridgehead atoms. The zero-order valence-corrected chi connectivity index (χ0v) is 16.5. The number of ether oxygens (including phenoxy) is 1. The lowest BCUT2D eigenvalue weighted by molar-refractivity contribution is 0.0967. The second-order valence-corrected chi connectivity index (χ2v) is 9.90. The van der Waals surface area contributed by atoms with Crippen molar-refractivity contribution in [3.63, 3.8) is 0 Å². The smallest absolute Gasteiger partial charge is 0.227 e. The van der Waals surface area contributed by atoms with Gasteiger partial charge in [0.2, 0.25) is 15.0 Å². The fourth-order valence-electron chi connectivity index (χ4n) is 4.29. The molecule has 1 aromatic heterocycles. The number of methoxy groups -OCH3 is 1. The summed E-state index contributed by atoms with van der Waals surface area (Å²) in [6.45, 7) is 6.24. The van der Waals surface area contributed by atoms with E-state index in [-0.39, 0.29) is 10.9 Å². The number of fused-ring (bicyclic) bond motifs is 1. The summed E-state index contributed by atoms with van der Waals surface area (Å²) < 4.78 is 32.6. The Morgan fingerprint density at radius 2 is 2.08 bits per heavy atom. The van der Waals surface area contributed by atoms with Gasteiger partial charge in [0.15, 0.2) is 0 Å². The van der Waals surface area contributed by atoms with Crippen LogP contribution in [-0.4, -0.2) is 79.5 Å². The number of imidazole rings is 1. The molecule has 1 aliphatic carbocycles. The van der Waals surface area contributed by atoms with Crippen LogP contribution in [0.4, 0.5) is 0 Å². The summed E-state index contributed by atoms with van der Waals surface area (Å²) in [5, 5.41) is 0.232. The van der Waals surface area contributed by atoms with Crippen LogP contribution in [0.15, 0.2) is 11.4 Å². The monoisotopic (exact) mass is 382 g/mol. The zero-order chi connectivity index (χ0) is 18.1. The van der Waals surface area contributed by atoms with Crippen LogP contribution in [0.3, 0.4) is 0 Å². The molecule has 4 rings (SSSR count). The number of hydrogen-bond donors (Lipinski definition) is 0. The first-order chi connectivity index (χ1) is 12.6. The van der Waals surface area contributed by atoms with Crippen LogP contribution in [0.25, 0.3) is 0 Å². The minimum atomic E-state index is -3.32. The lowest BCUT2D eigenvalue weighted by Crippen LogP contribution is -2.49. The number of nitrogens with zero attached hydrogens (tertiary/aromatic N) is 4. The molecule has 26 heavy (non-hydrogen) atoms. The Morgan fingerprint density at radius 1 is 1.23 bits per heavy atom. The highest BCUT2D eigenvalue weighted by Gasteiger charge is 2.34. The number of hydrogen-bond acceptors (Lipinski definition) is 6. The number of piperazine rings is 1. The van der Waals surface area contributed by atoms with Gasteiger partial charge in [-0.3, -0.25) is 9.80 Å². The van der Waals surface area contributed by atoms with E-state index in [1.807, 2.05) is 4.57 Å². The highest BCUT2D eigenvalue weighted by atomic mass is 32.2. The summed E-state index contributed by atoms with van der Waals surface area (Å²) in [4.78, 5) is 9.37. The summed E-state index contributed by atoms with van der Waals surface area (Å²) in [7, 11) is -1.68. The van der Waals surface area contributed by atoms with E-state index in [2.05, 4.69) is 14.8 Å². The Hall–Kier alpha value is -0.960. The van der Waals surface area contributed by atoms with Gasteiger partial charge in [0, 0.05) is 45.9 Å². The molecule has 1 aromatic rings. The van der Waals surface area contributed by atoms with E-state index >= 15 is 0 Å². The first-order valence-electron chi connectivity index (χ1n) is 9.79. The van der Waals surface area contributed by atoms with Crippen molar-refractivity contribution in [3.8, 4) is 0 Å². The van der Waals surface area contributed by atoms with E-state index in [1.54, 1.807) is 13.3 Å². The molecule has 2 saturated heterocycles. The first-order valence-corrected chi connectivity index (χ1v) is 11.4. The Balaban J connectivity index is 1.51.